The first kappa shape index (κ1) is 14.4. The van der Waals surface area contributed by atoms with E-state index in [4.69, 9.17) is 5.11 Å². The zero-order valence-electron chi connectivity index (χ0n) is 10.1. The second-order valence-electron chi connectivity index (χ2n) is 3.63. The normalized spacial score (nSPS) is 12.6. The molecule has 17 heavy (non-hydrogen) atoms. The average Bonchev–Trinajstić information content (AvgIpc) is 2.74. The van der Waals surface area contributed by atoms with E-state index < -0.39 is 5.97 Å². The van der Waals surface area contributed by atoms with Gasteiger partial charge in [0, 0.05) is 18.4 Å². The fourth-order valence-corrected chi connectivity index (χ4v) is 2.98. The molecule has 1 N–H and O–H groups in total. The van der Waals surface area contributed by atoms with Crippen molar-refractivity contribution in [1.29, 1.82) is 0 Å². The largest absolute Gasteiger partial charge is 0.481 e. The number of rotatable bonds is 8. The summed E-state index contributed by atoms with van der Waals surface area (Å²) in [4.78, 5) is 14.7. The number of hydrogen-bond donors (Lipinski definition) is 1. The van der Waals surface area contributed by atoms with Crippen molar-refractivity contribution in [3.8, 4) is 0 Å². The van der Waals surface area contributed by atoms with E-state index in [1.807, 2.05) is 18.0 Å². The SMILES string of the molecule is CCSCCC(C)n1ccnc1SCC(=O)O. The first-order valence-electron chi connectivity index (χ1n) is 5.60. The van der Waals surface area contributed by atoms with Crippen molar-refractivity contribution in [2.24, 2.45) is 0 Å². The van der Waals surface area contributed by atoms with Crippen LogP contribution in [0.3, 0.4) is 0 Å². The molecule has 0 saturated carbocycles. The number of aliphatic carboxylic acids is 1. The third-order valence-electron chi connectivity index (χ3n) is 2.32. The molecule has 1 rings (SSSR count). The second kappa shape index (κ2) is 7.66. The predicted molar refractivity (Wildman–Crippen MR) is 72.9 cm³/mol. The van der Waals surface area contributed by atoms with E-state index in [2.05, 4.69) is 23.4 Å². The monoisotopic (exact) mass is 274 g/mol. The van der Waals surface area contributed by atoms with Crippen LogP contribution in [0, 0.1) is 0 Å². The van der Waals surface area contributed by atoms with Crippen LogP contribution in [-0.2, 0) is 4.79 Å². The van der Waals surface area contributed by atoms with Gasteiger partial charge >= 0.3 is 5.97 Å². The molecule has 0 saturated heterocycles. The number of imidazole rings is 1. The molecule has 4 nitrogen and oxygen atoms in total. The second-order valence-corrected chi connectivity index (χ2v) is 5.97. The minimum absolute atomic E-state index is 0.0629. The Balaban J connectivity index is 2.51. The van der Waals surface area contributed by atoms with E-state index in [9.17, 15) is 4.79 Å². The Morgan fingerprint density at radius 1 is 1.65 bits per heavy atom. The van der Waals surface area contributed by atoms with Gasteiger partial charge in [-0.05, 0) is 24.9 Å². The molecule has 0 aliphatic heterocycles. The highest BCUT2D eigenvalue weighted by Crippen LogP contribution is 2.22. The van der Waals surface area contributed by atoms with Crippen LogP contribution in [0.2, 0.25) is 0 Å². The van der Waals surface area contributed by atoms with Crippen LogP contribution >= 0.6 is 23.5 Å². The van der Waals surface area contributed by atoms with E-state index in [1.54, 1.807) is 6.20 Å². The fourth-order valence-electron chi connectivity index (χ4n) is 1.41. The smallest absolute Gasteiger partial charge is 0.313 e. The Bertz CT molecular complexity index is 355. The first-order chi connectivity index (χ1) is 8.15. The number of nitrogens with zero attached hydrogens (tertiary/aromatic N) is 2. The molecule has 1 unspecified atom stereocenters. The molecule has 0 fully saturated rings. The molecule has 0 aliphatic rings. The summed E-state index contributed by atoms with van der Waals surface area (Å²) < 4.78 is 2.06. The lowest BCUT2D eigenvalue weighted by atomic mass is 10.2. The average molecular weight is 274 g/mol. The summed E-state index contributed by atoms with van der Waals surface area (Å²) >= 11 is 3.20. The van der Waals surface area contributed by atoms with Gasteiger partial charge in [-0.3, -0.25) is 4.79 Å². The van der Waals surface area contributed by atoms with E-state index in [-0.39, 0.29) is 5.75 Å². The molecule has 1 aromatic rings. The molecule has 0 radical (unpaired) electrons. The lowest BCUT2D eigenvalue weighted by Crippen LogP contribution is -2.08. The van der Waals surface area contributed by atoms with Crippen LogP contribution in [-0.4, -0.2) is 37.9 Å². The van der Waals surface area contributed by atoms with Crippen LogP contribution in [0.15, 0.2) is 17.6 Å². The molecule has 0 spiro atoms. The van der Waals surface area contributed by atoms with E-state index in [0.29, 0.717) is 6.04 Å². The molecule has 1 aromatic heterocycles. The Kier molecular flexibility index (Phi) is 6.50. The van der Waals surface area contributed by atoms with Crippen molar-refractivity contribution in [2.45, 2.75) is 31.5 Å². The predicted octanol–water partition coefficient (Wildman–Crippen LogP) is 2.76. The van der Waals surface area contributed by atoms with Crippen molar-refractivity contribution in [2.75, 3.05) is 17.3 Å². The molecule has 96 valence electrons. The third kappa shape index (κ3) is 5.04. The maximum Gasteiger partial charge on any atom is 0.313 e. The highest BCUT2D eigenvalue weighted by atomic mass is 32.2. The van der Waals surface area contributed by atoms with E-state index in [0.717, 1.165) is 23.1 Å². The molecule has 6 heteroatoms. The lowest BCUT2D eigenvalue weighted by Gasteiger charge is -2.15. The highest BCUT2D eigenvalue weighted by molar-refractivity contribution is 7.99. The van der Waals surface area contributed by atoms with Crippen molar-refractivity contribution < 1.29 is 9.90 Å². The van der Waals surface area contributed by atoms with E-state index >= 15 is 0 Å². The molecule has 0 aliphatic carbocycles. The summed E-state index contributed by atoms with van der Waals surface area (Å²) in [5, 5.41) is 9.45. The number of thioether (sulfide) groups is 2. The van der Waals surface area contributed by atoms with Gasteiger partial charge in [0.1, 0.15) is 0 Å². The van der Waals surface area contributed by atoms with Crippen molar-refractivity contribution >= 4 is 29.5 Å². The molecule has 1 heterocycles. The minimum atomic E-state index is -0.807. The fraction of sp³-hybridized carbons (Fsp3) is 0.636. The summed E-state index contributed by atoms with van der Waals surface area (Å²) in [5.41, 5.74) is 0. The maximum atomic E-state index is 10.5. The topological polar surface area (TPSA) is 55.1 Å². The Morgan fingerprint density at radius 3 is 3.06 bits per heavy atom. The van der Waals surface area contributed by atoms with Crippen LogP contribution in [0.25, 0.3) is 0 Å². The summed E-state index contributed by atoms with van der Waals surface area (Å²) in [6, 6.07) is 0.368. The number of carboxylic acids is 1. The summed E-state index contributed by atoms with van der Waals surface area (Å²) in [7, 11) is 0. The van der Waals surface area contributed by atoms with Crippen LogP contribution in [0.4, 0.5) is 0 Å². The summed E-state index contributed by atoms with van der Waals surface area (Å²) in [6.07, 6.45) is 4.73. The summed E-state index contributed by atoms with van der Waals surface area (Å²) in [6.45, 7) is 4.30. The van der Waals surface area contributed by atoms with Crippen molar-refractivity contribution in [3.63, 3.8) is 0 Å². The van der Waals surface area contributed by atoms with Crippen LogP contribution in [0.1, 0.15) is 26.3 Å². The molecular weight excluding hydrogens is 256 g/mol. The standard InChI is InChI=1S/C11H18N2O2S2/c1-3-16-7-4-9(2)13-6-5-12-11(13)17-8-10(14)15/h5-6,9H,3-4,7-8H2,1-2H3,(H,14,15). The van der Waals surface area contributed by atoms with Gasteiger partial charge in [-0.25, -0.2) is 4.98 Å². The van der Waals surface area contributed by atoms with Gasteiger partial charge in [0.25, 0.3) is 0 Å². The third-order valence-corrected chi connectivity index (χ3v) is 4.22. The van der Waals surface area contributed by atoms with Crippen LogP contribution in [0.5, 0.6) is 0 Å². The van der Waals surface area contributed by atoms with Gasteiger partial charge in [-0.1, -0.05) is 18.7 Å². The van der Waals surface area contributed by atoms with E-state index in [1.165, 1.54) is 11.8 Å². The lowest BCUT2D eigenvalue weighted by molar-refractivity contribution is -0.133. The highest BCUT2D eigenvalue weighted by Gasteiger charge is 2.11. The molecule has 0 amide bonds. The van der Waals surface area contributed by atoms with Gasteiger partial charge in [0.05, 0.1) is 5.75 Å². The molecular formula is C11H18N2O2S2. The molecule has 0 bridgehead atoms. The number of hydrogen-bond acceptors (Lipinski definition) is 4. The van der Waals surface area contributed by atoms with Crippen LogP contribution < -0.4 is 0 Å². The zero-order valence-corrected chi connectivity index (χ0v) is 11.8. The quantitative estimate of drug-likeness (QED) is 0.583. The Hall–Kier alpha value is -0.620. The maximum absolute atomic E-state index is 10.5. The Labute approximate surface area is 110 Å². The first-order valence-corrected chi connectivity index (χ1v) is 7.74. The minimum Gasteiger partial charge on any atom is -0.481 e. The molecule has 1 atom stereocenters. The van der Waals surface area contributed by atoms with Crippen molar-refractivity contribution in [1.82, 2.24) is 9.55 Å². The van der Waals surface area contributed by atoms with Gasteiger partial charge < -0.3 is 9.67 Å². The van der Waals surface area contributed by atoms with Gasteiger partial charge in [-0.2, -0.15) is 11.8 Å². The van der Waals surface area contributed by atoms with Gasteiger partial charge in [-0.15, -0.1) is 0 Å². The number of carbonyl (C=O) groups is 1. The molecule has 0 aromatic carbocycles. The van der Waals surface area contributed by atoms with Gasteiger partial charge in [0.2, 0.25) is 0 Å². The summed E-state index contributed by atoms with van der Waals surface area (Å²) in [5.74, 6) is 1.52. The Morgan fingerprint density at radius 2 is 2.41 bits per heavy atom. The van der Waals surface area contributed by atoms with Crippen molar-refractivity contribution in [3.05, 3.63) is 12.4 Å². The van der Waals surface area contributed by atoms with Gasteiger partial charge in [0.15, 0.2) is 5.16 Å². The number of aromatic nitrogens is 2. The zero-order chi connectivity index (χ0) is 12.7. The number of carboxylic acid groups (broad SMARTS) is 1.